The summed E-state index contributed by atoms with van der Waals surface area (Å²) in [6, 6.07) is 5.84. The number of aryl methyl sites for hydroxylation is 2. The lowest BCUT2D eigenvalue weighted by atomic mass is 10.1. The number of morpholine rings is 1. The molecule has 0 radical (unpaired) electrons. The van der Waals surface area contributed by atoms with E-state index in [-0.39, 0.29) is 5.91 Å². The highest BCUT2D eigenvalue weighted by molar-refractivity contribution is 5.93. The van der Waals surface area contributed by atoms with Crippen LogP contribution in [-0.2, 0) is 17.8 Å². The summed E-state index contributed by atoms with van der Waals surface area (Å²) < 4.78 is 7.17. The van der Waals surface area contributed by atoms with Crippen molar-refractivity contribution in [2.75, 3.05) is 36.9 Å². The molecule has 1 aliphatic rings. The smallest absolute Gasteiger partial charge is 0.254 e. The Morgan fingerprint density at radius 2 is 2.06 bits per heavy atom. The van der Waals surface area contributed by atoms with Gasteiger partial charge in [-0.2, -0.15) is 5.10 Å². The topological polar surface area (TPSA) is 111 Å². The van der Waals surface area contributed by atoms with E-state index in [1.165, 1.54) is 0 Å². The highest BCUT2D eigenvalue weighted by atomic mass is 16.5. The number of amides is 1. The normalized spacial score (nSPS) is 13.9. The number of carbonyl (C=O) groups excluding carboxylic acids is 1. The van der Waals surface area contributed by atoms with Crippen molar-refractivity contribution in [1.29, 1.82) is 0 Å². The molecule has 1 aliphatic heterocycles. The molecule has 4 rings (SSSR count). The van der Waals surface area contributed by atoms with Gasteiger partial charge in [0.15, 0.2) is 0 Å². The van der Waals surface area contributed by atoms with E-state index in [2.05, 4.69) is 31.3 Å². The van der Waals surface area contributed by atoms with Crippen LogP contribution in [0.15, 0.2) is 36.8 Å². The standard InChI is InChI=1S/C22H27N7O2/c1-15-9-20(23)27-16(2)19(15)12-25-22(30)18-11-26-29(14-18)13-17-3-4-24-21(10-17)28-5-7-31-8-6-28/h3-4,9-11,14H,5-8,12-13H2,1-2H3,(H2,23,27)(H,25,30). The number of rotatable bonds is 6. The largest absolute Gasteiger partial charge is 0.384 e. The van der Waals surface area contributed by atoms with Crippen LogP contribution in [0.4, 0.5) is 11.6 Å². The lowest BCUT2D eigenvalue weighted by molar-refractivity contribution is 0.0950. The molecule has 4 heterocycles. The molecule has 0 aromatic carbocycles. The van der Waals surface area contributed by atoms with Gasteiger partial charge < -0.3 is 20.7 Å². The van der Waals surface area contributed by atoms with Gasteiger partial charge in [-0.15, -0.1) is 0 Å². The average Bonchev–Trinajstić information content (AvgIpc) is 3.22. The van der Waals surface area contributed by atoms with Crippen molar-refractivity contribution in [3.8, 4) is 0 Å². The molecule has 1 amide bonds. The molecule has 31 heavy (non-hydrogen) atoms. The Morgan fingerprint density at radius 1 is 1.26 bits per heavy atom. The van der Waals surface area contributed by atoms with Gasteiger partial charge in [0.05, 0.1) is 31.5 Å². The summed E-state index contributed by atoms with van der Waals surface area (Å²) >= 11 is 0. The second-order valence-electron chi connectivity index (χ2n) is 7.66. The van der Waals surface area contributed by atoms with Crippen LogP contribution >= 0.6 is 0 Å². The number of ether oxygens (including phenoxy) is 1. The summed E-state index contributed by atoms with van der Waals surface area (Å²) in [4.78, 5) is 23.6. The summed E-state index contributed by atoms with van der Waals surface area (Å²) in [5, 5.41) is 7.29. The van der Waals surface area contributed by atoms with E-state index in [1.54, 1.807) is 17.1 Å². The summed E-state index contributed by atoms with van der Waals surface area (Å²) in [6.45, 7) is 7.92. The minimum Gasteiger partial charge on any atom is -0.384 e. The van der Waals surface area contributed by atoms with E-state index in [4.69, 9.17) is 10.5 Å². The molecule has 0 spiro atoms. The first-order valence-corrected chi connectivity index (χ1v) is 10.3. The lowest BCUT2D eigenvalue weighted by Gasteiger charge is -2.28. The maximum atomic E-state index is 12.6. The number of nitrogen functional groups attached to an aromatic ring is 1. The first kappa shape index (κ1) is 20.8. The minimum absolute atomic E-state index is 0.175. The van der Waals surface area contributed by atoms with Crippen LogP contribution in [0.5, 0.6) is 0 Å². The highest BCUT2D eigenvalue weighted by Crippen LogP contribution is 2.16. The maximum Gasteiger partial charge on any atom is 0.254 e. The molecule has 0 bridgehead atoms. The van der Waals surface area contributed by atoms with Crippen molar-refractivity contribution in [1.82, 2.24) is 25.1 Å². The summed E-state index contributed by atoms with van der Waals surface area (Å²) in [5.41, 5.74) is 10.2. The van der Waals surface area contributed by atoms with Crippen LogP contribution in [0, 0.1) is 13.8 Å². The summed E-state index contributed by atoms with van der Waals surface area (Å²) in [7, 11) is 0. The zero-order valence-corrected chi connectivity index (χ0v) is 17.8. The summed E-state index contributed by atoms with van der Waals surface area (Å²) in [6.07, 6.45) is 5.15. The first-order valence-electron chi connectivity index (χ1n) is 10.3. The van der Waals surface area contributed by atoms with Gasteiger partial charge in [-0.05, 0) is 48.7 Å². The van der Waals surface area contributed by atoms with Crippen molar-refractivity contribution in [3.05, 3.63) is 64.7 Å². The molecule has 3 aromatic rings. The number of nitrogens with two attached hydrogens (primary N) is 1. The van der Waals surface area contributed by atoms with Crippen LogP contribution < -0.4 is 16.0 Å². The maximum absolute atomic E-state index is 12.6. The third-order valence-electron chi connectivity index (χ3n) is 5.38. The van der Waals surface area contributed by atoms with Crippen molar-refractivity contribution in [2.45, 2.75) is 26.9 Å². The van der Waals surface area contributed by atoms with Gasteiger partial charge in [0, 0.05) is 37.7 Å². The van der Waals surface area contributed by atoms with Crippen LogP contribution in [0.3, 0.4) is 0 Å². The van der Waals surface area contributed by atoms with Gasteiger partial charge in [-0.3, -0.25) is 9.48 Å². The van der Waals surface area contributed by atoms with E-state index in [1.807, 2.05) is 32.2 Å². The minimum atomic E-state index is -0.175. The van der Waals surface area contributed by atoms with Crippen molar-refractivity contribution >= 4 is 17.5 Å². The number of nitrogens with zero attached hydrogens (tertiary/aromatic N) is 5. The van der Waals surface area contributed by atoms with E-state index in [0.29, 0.717) is 24.5 Å². The Labute approximate surface area is 181 Å². The summed E-state index contributed by atoms with van der Waals surface area (Å²) in [5.74, 6) is 1.25. The van der Waals surface area contributed by atoms with E-state index < -0.39 is 0 Å². The van der Waals surface area contributed by atoms with Crippen LogP contribution in [-0.4, -0.2) is 52.0 Å². The van der Waals surface area contributed by atoms with E-state index >= 15 is 0 Å². The zero-order chi connectivity index (χ0) is 21.8. The van der Waals surface area contributed by atoms with Crippen LogP contribution in [0.2, 0.25) is 0 Å². The second kappa shape index (κ2) is 9.13. The number of anilines is 2. The van der Waals surface area contributed by atoms with Gasteiger partial charge in [-0.1, -0.05) is 0 Å². The monoisotopic (exact) mass is 421 g/mol. The molecular weight excluding hydrogens is 394 g/mol. The molecule has 9 heteroatoms. The van der Waals surface area contributed by atoms with E-state index in [9.17, 15) is 4.79 Å². The van der Waals surface area contributed by atoms with Crippen LogP contribution in [0.1, 0.15) is 32.7 Å². The SMILES string of the molecule is Cc1cc(N)nc(C)c1CNC(=O)c1cnn(Cc2ccnc(N3CCOCC3)c2)c1. The Kier molecular flexibility index (Phi) is 6.13. The fourth-order valence-electron chi connectivity index (χ4n) is 3.70. The van der Waals surface area contributed by atoms with Gasteiger partial charge in [-0.25, -0.2) is 9.97 Å². The molecule has 3 N–H and O–H groups in total. The van der Waals surface area contributed by atoms with Crippen molar-refractivity contribution in [3.63, 3.8) is 0 Å². The molecule has 1 fully saturated rings. The van der Waals surface area contributed by atoms with Crippen LogP contribution in [0.25, 0.3) is 0 Å². The third kappa shape index (κ3) is 5.00. The number of hydrogen-bond acceptors (Lipinski definition) is 7. The molecule has 0 saturated carbocycles. The molecule has 162 valence electrons. The Bertz CT molecular complexity index is 1050. The fraction of sp³-hybridized carbons (Fsp3) is 0.364. The van der Waals surface area contributed by atoms with Gasteiger partial charge in [0.1, 0.15) is 11.6 Å². The van der Waals surface area contributed by atoms with Crippen molar-refractivity contribution in [2.24, 2.45) is 0 Å². The quantitative estimate of drug-likeness (QED) is 0.623. The molecular formula is C22H27N7O2. The predicted octanol–water partition coefficient (Wildman–Crippen LogP) is 1.69. The van der Waals surface area contributed by atoms with Gasteiger partial charge in [0.25, 0.3) is 5.91 Å². The molecule has 1 saturated heterocycles. The Morgan fingerprint density at radius 3 is 2.84 bits per heavy atom. The molecule has 9 nitrogen and oxygen atoms in total. The van der Waals surface area contributed by atoms with Crippen molar-refractivity contribution < 1.29 is 9.53 Å². The average molecular weight is 422 g/mol. The number of carbonyl (C=O) groups is 1. The highest BCUT2D eigenvalue weighted by Gasteiger charge is 2.14. The number of pyridine rings is 2. The van der Waals surface area contributed by atoms with E-state index in [0.717, 1.165) is 54.5 Å². The molecule has 3 aromatic heterocycles. The first-order chi connectivity index (χ1) is 15.0. The molecule has 0 atom stereocenters. The third-order valence-corrected chi connectivity index (χ3v) is 5.38. The Balaban J connectivity index is 1.39. The zero-order valence-electron chi connectivity index (χ0n) is 17.8. The number of hydrogen-bond donors (Lipinski definition) is 2. The van der Waals surface area contributed by atoms with Gasteiger partial charge in [0.2, 0.25) is 0 Å². The van der Waals surface area contributed by atoms with Gasteiger partial charge >= 0.3 is 0 Å². The lowest BCUT2D eigenvalue weighted by Crippen LogP contribution is -2.36. The predicted molar refractivity (Wildman–Crippen MR) is 118 cm³/mol. The molecule has 0 aliphatic carbocycles. The number of aromatic nitrogens is 4. The second-order valence-corrected chi connectivity index (χ2v) is 7.66. The Hall–Kier alpha value is -3.46. The number of nitrogens with one attached hydrogen (secondary N) is 1. The molecule has 0 unspecified atom stereocenters. The fourth-order valence-corrected chi connectivity index (χ4v) is 3.70.